The monoisotopic (exact) mass is 303 g/mol. The van der Waals surface area contributed by atoms with E-state index in [4.69, 9.17) is 11.6 Å². The minimum absolute atomic E-state index is 0.00198. The van der Waals surface area contributed by atoms with Crippen LogP contribution in [0.2, 0.25) is 5.15 Å². The molecule has 0 unspecified atom stereocenters. The molecule has 1 aliphatic rings. The lowest BCUT2D eigenvalue weighted by Gasteiger charge is -2.09. The molecule has 1 aromatic heterocycles. The summed E-state index contributed by atoms with van der Waals surface area (Å²) in [5, 5.41) is 11.6. The van der Waals surface area contributed by atoms with Gasteiger partial charge in [-0.2, -0.15) is 0 Å². The predicted octanol–water partition coefficient (Wildman–Crippen LogP) is 3.97. The van der Waals surface area contributed by atoms with Crippen LogP contribution in [0.4, 0.5) is 5.69 Å². The zero-order valence-corrected chi connectivity index (χ0v) is 12.1. The van der Waals surface area contributed by atoms with Crippen LogP contribution in [0.25, 0.3) is 11.4 Å². The van der Waals surface area contributed by atoms with E-state index < -0.39 is 4.92 Å². The maximum absolute atomic E-state index is 11.1. The number of nitro groups is 1. The summed E-state index contributed by atoms with van der Waals surface area (Å²) in [6.45, 7) is 0. The molecule has 1 aliphatic carbocycles. The fourth-order valence-corrected chi connectivity index (χ4v) is 2.95. The number of aromatic nitrogens is 2. The molecule has 1 aromatic carbocycles. The van der Waals surface area contributed by atoms with Crippen molar-refractivity contribution in [2.45, 2.75) is 32.1 Å². The van der Waals surface area contributed by atoms with E-state index in [1.807, 2.05) is 0 Å². The second-order valence-electron chi connectivity index (χ2n) is 5.10. The van der Waals surface area contributed by atoms with Crippen LogP contribution in [0.1, 0.15) is 30.5 Å². The standard InChI is InChI=1S/C15H14ClN3O2/c16-14-10-6-2-1-3-8-12(10)17-15(18-14)11-7-4-5-9-13(11)19(20)21/h4-5,7,9H,1-3,6,8H2. The normalized spacial score (nSPS) is 14.3. The van der Waals surface area contributed by atoms with Crippen molar-refractivity contribution >= 4 is 17.3 Å². The average molecular weight is 304 g/mol. The molecule has 0 spiro atoms. The molecular weight excluding hydrogens is 290 g/mol. The van der Waals surface area contributed by atoms with Crippen LogP contribution in [0.15, 0.2) is 24.3 Å². The number of nitrogens with zero attached hydrogens (tertiary/aromatic N) is 3. The van der Waals surface area contributed by atoms with E-state index in [1.54, 1.807) is 18.2 Å². The average Bonchev–Trinajstić information content (AvgIpc) is 2.73. The first-order chi connectivity index (χ1) is 10.2. The number of para-hydroxylation sites is 1. The SMILES string of the molecule is O=[N+]([O-])c1ccccc1-c1nc(Cl)c2c(n1)CCCCC2. The van der Waals surface area contributed by atoms with Crippen LogP contribution in [0, 0.1) is 10.1 Å². The zero-order chi connectivity index (χ0) is 14.8. The maximum atomic E-state index is 11.1. The largest absolute Gasteiger partial charge is 0.280 e. The van der Waals surface area contributed by atoms with Gasteiger partial charge in [0.05, 0.1) is 10.5 Å². The Labute approximate surface area is 127 Å². The minimum atomic E-state index is -0.418. The van der Waals surface area contributed by atoms with E-state index in [-0.39, 0.29) is 5.69 Å². The van der Waals surface area contributed by atoms with Gasteiger partial charge in [-0.15, -0.1) is 0 Å². The number of fused-ring (bicyclic) bond motifs is 1. The second-order valence-corrected chi connectivity index (χ2v) is 5.46. The number of halogens is 1. The highest BCUT2D eigenvalue weighted by Crippen LogP contribution is 2.31. The lowest BCUT2D eigenvalue weighted by molar-refractivity contribution is -0.384. The zero-order valence-electron chi connectivity index (χ0n) is 11.4. The molecule has 6 heteroatoms. The van der Waals surface area contributed by atoms with Crippen LogP contribution in [0.5, 0.6) is 0 Å². The van der Waals surface area contributed by atoms with Gasteiger partial charge in [0.15, 0.2) is 5.82 Å². The van der Waals surface area contributed by atoms with E-state index in [2.05, 4.69) is 9.97 Å². The summed E-state index contributed by atoms with van der Waals surface area (Å²) in [5.41, 5.74) is 2.34. The Morgan fingerprint density at radius 1 is 1.10 bits per heavy atom. The van der Waals surface area contributed by atoms with Crippen molar-refractivity contribution < 1.29 is 4.92 Å². The van der Waals surface area contributed by atoms with Gasteiger partial charge < -0.3 is 0 Å². The highest BCUT2D eigenvalue weighted by atomic mass is 35.5. The van der Waals surface area contributed by atoms with Crippen molar-refractivity contribution in [2.24, 2.45) is 0 Å². The van der Waals surface area contributed by atoms with Crippen LogP contribution >= 0.6 is 11.6 Å². The van der Waals surface area contributed by atoms with E-state index >= 15 is 0 Å². The van der Waals surface area contributed by atoms with E-state index in [9.17, 15) is 10.1 Å². The lowest BCUT2D eigenvalue weighted by Crippen LogP contribution is -2.03. The summed E-state index contributed by atoms with van der Waals surface area (Å²) in [7, 11) is 0. The Balaban J connectivity index is 2.14. The lowest BCUT2D eigenvalue weighted by atomic mass is 10.1. The Morgan fingerprint density at radius 2 is 1.86 bits per heavy atom. The molecule has 5 nitrogen and oxygen atoms in total. The molecule has 0 atom stereocenters. The highest BCUT2D eigenvalue weighted by Gasteiger charge is 2.21. The summed E-state index contributed by atoms with van der Waals surface area (Å²) in [5.74, 6) is 0.341. The summed E-state index contributed by atoms with van der Waals surface area (Å²) < 4.78 is 0. The van der Waals surface area contributed by atoms with Crippen molar-refractivity contribution in [1.29, 1.82) is 0 Å². The maximum Gasteiger partial charge on any atom is 0.280 e. The van der Waals surface area contributed by atoms with Crippen LogP contribution in [-0.4, -0.2) is 14.9 Å². The Bertz CT molecular complexity index is 703. The molecule has 0 saturated carbocycles. The molecule has 0 aliphatic heterocycles. The predicted molar refractivity (Wildman–Crippen MR) is 80.4 cm³/mol. The molecule has 0 saturated heterocycles. The molecule has 21 heavy (non-hydrogen) atoms. The first-order valence-electron chi connectivity index (χ1n) is 6.96. The first kappa shape index (κ1) is 13.9. The molecule has 0 amide bonds. The number of aryl methyl sites for hydroxylation is 1. The summed E-state index contributed by atoms with van der Waals surface area (Å²) >= 11 is 6.28. The van der Waals surface area contributed by atoms with Gasteiger partial charge in [-0.25, -0.2) is 9.97 Å². The quantitative estimate of drug-likeness (QED) is 0.364. The van der Waals surface area contributed by atoms with Gasteiger partial charge in [-0.05, 0) is 31.7 Å². The van der Waals surface area contributed by atoms with Gasteiger partial charge in [-0.1, -0.05) is 30.2 Å². The molecule has 1 heterocycles. The number of benzene rings is 1. The van der Waals surface area contributed by atoms with Crippen molar-refractivity contribution in [2.75, 3.05) is 0 Å². The third-order valence-electron chi connectivity index (χ3n) is 3.72. The van der Waals surface area contributed by atoms with Gasteiger partial charge in [0.25, 0.3) is 5.69 Å². The summed E-state index contributed by atoms with van der Waals surface area (Å²) in [6.07, 6.45) is 5.03. The number of nitro benzene ring substituents is 1. The van der Waals surface area contributed by atoms with Crippen molar-refractivity contribution in [3.05, 3.63) is 50.8 Å². The Kier molecular flexibility index (Phi) is 3.84. The molecule has 0 fully saturated rings. The van der Waals surface area contributed by atoms with Gasteiger partial charge in [0, 0.05) is 17.3 Å². The van der Waals surface area contributed by atoms with Gasteiger partial charge in [-0.3, -0.25) is 10.1 Å². The van der Waals surface area contributed by atoms with E-state index in [1.165, 1.54) is 6.07 Å². The smallest absolute Gasteiger partial charge is 0.258 e. The van der Waals surface area contributed by atoms with Crippen LogP contribution in [-0.2, 0) is 12.8 Å². The minimum Gasteiger partial charge on any atom is -0.258 e. The Hall–Kier alpha value is -2.01. The van der Waals surface area contributed by atoms with Crippen molar-refractivity contribution in [1.82, 2.24) is 9.97 Å². The topological polar surface area (TPSA) is 68.9 Å². The molecule has 0 radical (unpaired) electrons. The molecule has 3 rings (SSSR count). The molecule has 2 aromatic rings. The molecule has 108 valence electrons. The van der Waals surface area contributed by atoms with Crippen molar-refractivity contribution in [3.8, 4) is 11.4 Å². The van der Waals surface area contributed by atoms with Crippen LogP contribution < -0.4 is 0 Å². The number of hydrogen-bond acceptors (Lipinski definition) is 4. The summed E-state index contributed by atoms with van der Waals surface area (Å²) in [6, 6.07) is 6.49. The first-order valence-corrected chi connectivity index (χ1v) is 7.33. The molecule has 0 N–H and O–H groups in total. The van der Waals surface area contributed by atoms with Gasteiger partial charge >= 0.3 is 0 Å². The fraction of sp³-hybridized carbons (Fsp3) is 0.333. The van der Waals surface area contributed by atoms with Gasteiger partial charge in [0.2, 0.25) is 0 Å². The number of rotatable bonds is 2. The van der Waals surface area contributed by atoms with Gasteiger partial charge in [0.1, 0.15) is 5.15 Å². The molecular formula is C15H14ClN3O2. The van der Waals surface area contributed by atoms with Crippen LogP contribution in [0.3, 0.4) is 0 Å². The third-order valence-corrected chi connectivity index (χ3v) is 4.04. The van der Waals surface area contributed by atoms with E-state index in [0.717, 1.165) is 43.4 Å². The second kappa shape index (κ2) is 5.77. The highest BCUT2D eigenvalue weighted by molar-refractivity contribution is 6.30. The van der Waals surface area contributed by atoms with E-state index in [0.29, 0.717) is 16.5 Å². The van der Waals surface area contributed by atoms with Crippen molar-refractivity contribution in [3.63, 3.8) is 0 Å². The third kappa shape index (κ3) is 2.74. The fourth-order valence-electron chi connectivity index (χ4n) is 2.67. The molecule has 0 bridgehead atoms. The number of hydrogen-bond donors (Lipinski definition) is 0. The summed E-state index contributed by atoms with van der Waals surface area (Å²) in [4.78, 5) is 19.6. The Morgan fingerprint density at radius 3 is 2.67 bits per heavy atom.